The normalized spacial score (nSPS) is 18.9. The molecule has 4 nitrogen and oxygen atoms in total. The van der Waals surface area contributed by atoms with Crippen molar-refractivity contribution in [3.63, 3.8) is 0 Å². The summed E-state index contributed by atoms with van der Waals surface area (Å²) in [5, 5.41) is 8.91. The summed E-state index contributed by atoms with van der Waals surface area (Å²) in [7, 11) is 0. The van der Waals surface area contributed by atoms with Crippen LogP contribution in [0.1, 0.15) is 32.3 Å². The van der Waals surface area contributed by atoms with Crippen molar-refractivity contribution in [1.82, 2.24) is 0 Å². The molecule has 1 aliphatic heterocycles. The Morgan fingerprint density at radius 2 is 2.39 bits per heavy atom. The van der Waals surface area contributed by atoms with Gasteiger partial charge in [-0.1, -0.05) is 19.4 Å². The number of rotatable bonds is 5. The highest BCUT2D eigenvalue weighted by Gasteiger charge is 2.29. The Hall–Kier alpha value is -1.71. The highest BCUT2D eigenvalue weighted by molar-refractivity contribution is 5.74. The summed E-state index contributed by atoms with van der Waals surface area (Å²) in [5.41, 5.74) is 0.929. The lowest BCUT2D eigenvalue weighted by atomic mass is 10.1. The zero-order chi connectivity index (χ0) is 13.1. The van der Waals surface area contributed by atoms with Crippen LogP contribution in [0.4, 0.5) is 0 Å². The molecule has 0 bridgehead atoms. The van der Waals surface area contributed by atoms with Gasteiger partial charge in [0, 0.05) is 12.5 Å². The van der Waals surface area contributed by atoms with Crippen molar-refractivity contribution in [2.45, 2.75) is 45.3 Å². The molecule has 0 amide bonds. The van der Waals surface area contributed by atoms with Crippen LogP contribution in [0, 0.1) is 0 Å². The third kappa shape index (κ3) is 2.75. The minimum Gasteiger partial charge on any atom is -0.491 e. The van der Waals surface area contributed by atoms with Crippen LogP contribution in [0.5, 0.6) is 11.5 Å². The average Bonchev–Trinajstić information content (AvgIpc) is 2.72. The Morgan fingerprint density at radius 1 is 1.61 bits per heavy atom. The van der Waals surface area contributed by atoms with Crippen molar-refractivity contribution >= 4 is 5.97 Å². The van der Waals surface area contributed by atoms with Gasteiger partial charge in [-0.25, -0.2) is 4.79 Å². The maximum atomic E-state index is 10.9. The first-order valence-corrected chi connectivity index (χ1v) is 6.29. The van der Waals surface area contributed by atoms with E-state index in [9.17, 15) is 4.79 Å². The largest absolute Gasteiger partial charge is 0.491 e. The van der Waals surface area contributed by atoms with Crippen LogP contribution in [0.3, 0.4) is 0 Å². The molecule has 2 atom stereocenters. The van der Waals surface area contributed by atoms with E-state index in [1.165, 1.54) is 0 Å². The van der Waals surface area contributed by atoms with E-state index in [-0.39, 0.29) is 6.10 Å². The summed E-state index contributed by atoms with van der Waals surface area (Å²) >= 11 is 0. The van der Waals surface area contributed by atoms with Gasteiger partial charge in [0.25, 0.3) is 0 Å². The molecule has 2 rings (SSSR count). The van der Waals surface area contributed by atoms with E-state index in [1.54, 1.807) is 6.07 Å². The van der Waals surface area contributed by atoms with Crippen molar-refractivity contribution in [1.29, 1.82) is 0 Å². The minimum absolute atomic E-state index is 0.157. The van der Waals surface area contributed by atoms with Crippen molar-refractivity contribution in [3.8, 4) is 11.5 Å². The zero-order valence-corrected chi connectivity index (χ0v) is 10.7. The summed E-state index contributed by atoms with van der Waals surface area (Å²) in [5.74, 6) is 0.442. The molecule has 0 fully saturated rings. The van der Waals surface area contributed by atoms with Gasteiger partial charge in [-0.05, 0) is 25.0 Å². The monoisotopic (exact) mass is 250 g/mol. The smallest absolute Gasteiger partial charge is 0.345 e. The average molecular weight is 250 g/mol. The summed E-state index contributed by atoms with van der Waals surface area (Å²) in [6.07, 6.45) is 1.89. The van der Waals surface area contributed by atoms with E-state index in [1.807, 2.05) is 19.1 Å². The van der Waals surface area contributed by atoms with Gasteiger partial charge in [0.15, 0.2) is 6.10 Å². The van der Waals surface area contributed by atoms with Crippen LogP contribution in [0.15, 0.2) is 18.2 Å². The van der Waals surface area contributed by atoms with E-state index in [0.29, 0.717) is 12.2 Å². The SMILES string of the molecule is CCCC(C)Oc1ccc2c(c1)OC(C(=O)O)C2. The number of carboxylic acids is 1. The third-order valence-corrected chi connectivity index (χ3v) is 3.02. The van der Waals surface area contributed by atoms with Crippen LogP contribution in [-0.2, 0) is 11.2 Å². The molecule has 1 N–H and O–H groups in total. The zero-order valence-electron chi connectivity index (χ0n) is 10.7. The quantitative estimate of drug-likeness (QED) is 0.872. The maximum absolute atomic E-state index is 10.9. The molecule has 1 aromatic carbocycles. The van der Waals surface area contributed by atoms with Gasteiger partial charge in [0.1, 0.15) is 11.5 Å². The predicted molar refractivity (Wildman–Crippen MR) is 67.2 cm³/mol. The highest BCUT2D eigenvalue weighted by atomic mass is 16.5. The minimum atomic E-state index is -0.923. The molecular formula is C14H18O4. The van der Waals surface area contributed by atoms with Gasteiger partial charge < -0.3 is 14.6 Å². The molecule has 0 saturated carbocycles. The molecule has 0 spiro atoms. The maximum Gasteiger partial charge on any atom is 0.345 e. The molecule has 0 aromatic heterocycles. The van der Waals surface area contributed by atoms with Gasteiger partial charge in [0.2, 0.25) is 0 Å². The van der Waals surface area contributed by atoms with Crippen molar-refractivity contribution in [2.75, 3.05) is 0 Å². The molecule has 98 valence electrons. The van der Waals surface area contributed by atoms with Crippen LogP contribution >= 0.6 is 0 Å². The highest BCUT2D eigenvalue weighted by Crippen LogP contribution is 2.33. The van der Waals surface area contributed by atoms with Gasteiger partial charge >= 0.3 is 5.97 Å². The number of hydrogen-bond acceptors (Lipinski definition) is 3. The van der Waals surface area contributed by atoms with E-state index >= 15 is 0 Å². The first-order valence-electron chi connectivity index (χ1n) is 6.29. The molecule has 1 aliphatic rings. The second-order valence-electron chi connectivity index (χ2n) is 4.64. The Labute approximate surface area is 107 Å². The fourth-order valence-corrected chi connectivity index (χ4v) is 2.12. The molecule has 0 radical (unpaired) electrons. The Balaban J connectivity index is 2.06. The number of ether oxygens (including phenoxy) is 2. The number of carboxylic acid groups (broad SMARTS) is 1. The lowest BCUT2D eigenvalue weighted by molar-refractivity contribution is -0.144. The molecule has 18 heavy (non-hydrogen) atoms. The number of fused-ring (bicyclic) bond motifs is 1. The number of aliphatic carboxylic acids is 1. The molecule has 2 unspecified atom stereocenters. The first kappa shape index (κ1) is 12.7. The number of hydrogen-bond donors (Lipinski definition) is 1. The van der Waals surface area contributed by atoms with Crippen LogP contribution in [0.2, 0.25) is 0 Å². The van der Waals surface area contributed by atoms with Gasteiger partial charge in [-0.3, -0.25) is 0 Å². The number of carbonyl (C=O) groups is 1. The second-order valence-corrected chi connectivity index (χ2v) is 4.64. The van der Waals surface area contributed by atoms with Gasteiger partial charge in [0.05, 0.1) is 6.10 Å². The fourth-order valence-electron chi connectivity index (χ4n) is 2.12. The Morgan fingerprint density at radius 3 is 3.06 bits per heavy atom. The number of benzene rings is 1. The third-order valence-electron chi connectivity index (χ3n) is 3.02. The van der Waals surface area contributed by atoms with E-state index in [0.717, 1.165) is 24.2 Å². The second kappa shape index (κ2) is 5.29. The van der Waals surface area contributed by atoms with E-state index in [4.69, 9.17) is 14.6 Å². The van der Waals surface area contributed by atoms with Crippen LogP contribution in [0.25, 0.3) is 0 Å². The lowest BCUT2D eigenvalue weighted by Crippen LogP contribution is -2.24. The van der Waals surface area contributed by atoms with E-state index in [2.05, 4.69) is 6.92 Å². The molecule has 1 heterocycles. The van der Waals surface area contributed by atoms with Crippen LogP contribution in [-0.4, -0.2) is 23.3 Å². The van der Waals surface area contributed by atoms with E-state index < -0.39 is 12.1 Å². The van der Waals surface area contributed by atoms with Crippen LogP contribution < -0.4 is 9.47 Å². The summed E-state index contributed by atoms with van der Waals surface area (Å²) < 4.78 is 11.1. The predicted octanol–water partition coefficient (Wildman–Crippen LogP) is 2.64. The fraction of sp³-hybridized carbons (Fsp3) is 0.500. The molecule has 1 aromatic rings. The Bertz CT molecular complexity index is 441. The lowest BCUT2D eigenvalue weighted by Gasteiger charge is -2.14. The van der Waals surface area contributed by atoms with Crippen molar-refractivity contribution < 1.29 is 19.4 Å². The summed E-state index contributed by atoms with van der Waals surface area (Å²) in [6.45, 7) is 4.14. The molecule has 4 heteroatoms. The Kier molecular flexibility index (Phi) is 3.75. The van der Waals surface area contributed by atoms with Gasteiger partial charge in [-0.2, -0.15) is 0 Å². The van der Waals surface area contributed by atoms with Gasteiger partial charge in [-0.15, -0.1) is 0 Å². The topological polar surface area (TPSA) is 55.8 Å². The summed E-state index contributed by atoms with van der Waals surface area (Å²) in [6, 6.07) is 5.54. The van der Waals surface area contributed by atoms with Crippen molar-refractivity contribution in [3.05, 3.63) is 23.8 Å². The first-order chi connectivity index (χ1) is 8.60. The molecule has 0 saturated heterocycles. The standard InChI is InChI=1S/C14H18O4/c1-3-4-9(2)17-11-6-5-10-7-13(14(15)16)18-12(10)8-11/h5-6,8-9,13H,3-4,7H2,1-2H3,(H,15,16). The molecular weight excluding hydrogens is 232 g/mol. The molecule has 0 aliphatic carbocycles. The van der Waals surface area contributed by atoms with Crippen molar-refractivity contribution in [2.24, 2.45) is 0 Å². The summed E-state index contributed by atoms with van der Waals surface area (Å²) in [4.78, 5) is 10.9.